The molecule has 2 rings (SSSR count). The predicted octanol–water partition coefficient (Wildman–Crippen LogP) is 2.59. The fourth-order valence-corrected chi connectivity index (χ4v) is 2.93. The smallest absolute Gasteiger partial charge is 0.220 e. The summed E-state index contributed by atoms with van der Waals surface area (Å²) in [7, 11) is 0. The second-order valence-electron chi connectivity index (χ2n) is 5.53. The molecular formula is C16H25ClN2O. The van der Waals surface area contributed by atoms with E-state index in [-0.39, 0.29) is 18.3 Å². The van der Waals surface area contributed by atoms with Crippen LogP contribution >= 0.6 is 12.4 Å². The number of hydrogen-bond donors (Lipinski definition) is 2. The molecule has 20 heavy (non-hydrogen) atoms. The Balaban J connectivity index is 0.00000200. The van der Waals surface area contributed by atoms with Gasteiger partial charge in [0.05, 0.1) is 0 Å². The Kier molecular flexibility index (Phi) is 7.03. The van der Waals surface area contributed by atoms with Crippen LogP contribution in [0.1, 0.15) is 36.8 Å². The molecule has 0 spiro atoms. The van der Waals surface area contributed by atoms with Crippen LogP contribution < -0.4 is 11.1 Å². The quantitative estimate of drug-likeness (QED) is 0.877. The molecule has 0 aromatic heterocycles. The minimum Gasteiger partial charge on any atom is -0.353 e. The normalized spacial score (nSPS) is 21.3. The molecule has 4 heteroatoms. The van der Waals surface area contributed by atoms with Crippen LogP contribution in [0.5, 0.6) is 0 Å². The van der Waals surface area contributed by atoms with Crippen molar-refractivity contribution in [2.75, 3.05) is 6.54 Å². The van der Waals surface area contributed by atoms with E-state index >= 15 is 0 Å². The molecule has 112 valence electrons. The van der Waals surface area contributed by atoms with Crippen molar-refractivity contribution in [2.24, 2.45) is 11.7 Å². The lowest BCUT2D eigenvalue weighted by molar-refractivity contribution is -0.122. The summed E-state index contributed by atoms with van der Waals surface area (Å²) in [5.74, 6) is 0.635. The molecule has 3 nitrogen and oxygen atoms in total. The van der Waals surface area contributed by atoms with Gasteiger partial charge < -0.3 is 11.1 Å². The first-order valence-corrected chi connectivity index (χ1v) is 7.24. The standard InChI is InChI=1S/C16H24N2O.ClH/c1-12-5-2-3-6-13(12)9-10-16(19)18-15-8-4-7-14(15)11-17;/h2-3,5-6,14-15H,4,7-11,17H2,1H3,(H,18,19);1H. The number of amides is 1. The molecule has 1 amide bonds. The van der Waals surface area contributed by atoms with E-state index in [9.17, 15) is 4.79 Å². The molecule has 0 radical (unpaired) electrons. The zero-order valence-corrected chi connectivity index (χ0v) is 12.9. The average molecular weight is 297 g/mol. The van der Waals surface area contributed by atoms with E-state index in [4.69, 9.17) is 5.73 Å². The molecule has 2 unspecified atom stereocenters. The summed E-state index contributed by atoms with van der Waals surface area (Å²) in [6.07, 6.45) is 4.80. The van der Waals surface area contributed by atoms with Crippen LogP contribution in [0.25, 0.3) is 0 Å². The van der Waals surface area contributed by atoms with E-state index in [0.29, 0.717) is 24.9 Å². The van der Waals surface area contributed by atoms with Gasteiger partial charge in [-0.15, -0.1) is 12.4 Å². The Labute approximate surface area is 127 Å². The summed E-state index contributed by atoms with van der Waals surface area (Å²) in [5, 5.41) is 3.15. The van der Waals surface area contributed by atoms with Crippen LogP contribution in [0.3, 0.4) is 0 Å². The van der Waals surface area contributed by atoms with Gasteiger partial charge in [-0.2, -0.15) is 0 Å². The molecule has 3 N–H and O–H groups in total. The van der Waals surface area contributed by atoms with Crippen LogP contribution in [0, 0.1) is 12.8 Å². The lowest BCUT2D eigenvalue weighted by Crippen LogP contribution is -2.39. The zero-order valence-electron chi connectivity index (χ0n) is 12.1. The highest BCUT2D eigenvalue weighted by molar-refractivity contribution is 5.85. The van der Waals surface area contributed by atoms with Crippen molar-refractivity contribution in [2.45, 2.75) is 45.1 Å². The monoisotopic (exact) mass is 296 g/mol. The Morgan fingerprint density at radius 1 is 1.35 bits per heavy atom. The van der Waals surface area contributed by atoms with Gasteiger partial charge in [-0.25, -0.2) is 0 Å². The molecule has 1 saturated carbocycles. The third-order valence-electron chi connectivity index (χ3n) is 4.19. The van der Waals surface area contributed by atoms with Crippen LogP contribution in [0.4, 0.5) is 0 Å². The van der Waals surface area contributed by atoms with Crippen LogP contribution in [0.2, 0.25) is 0 Å². The third-order valence-corrected chi connectivity index (χ3v) is 4.19. The maximum absolute atomic E-state index is 12.0. The van der Waals surface area contributed by atoms with Gasteiger partial charge in [0.2, 0.25) is 5.91 Å². The largest absolute Gasteiger partial charge is 0.353 e. The summed E-state index contributed by atoms with van der Waals surface area (Å²) in [5.41, 5.74) is 8.26. The summed E-state index contributed by atoms with van der Waals surface area (Å²) >= 11 is 0. The lowest BCUT2D eigenvalue weighted by atomic mass is 10.0. The second-order valence-corrected chi connectivity index (χ2v) is 5.53. The van der Waals surface area contributed by atoms with E-state index < -0.39 is 0 Å². The van der Waals surface area contributed by atoms with Gasteiger partial charge in [-0.1, -0.05) is 30.7 Å². The van der Waals surface area contributed by atoms with E-state index in [1.807, 2.05) is 12.1 Å². The maximum atomic E-state index is 12.0. The van der Waals surface area contributed by atoms with E-state index in [2.05, 4.69) is 24.4 Å². The molecule has 0 heterocycles. The van der Waals surface area contributed by atoms with Crippen molar-refractivity contribution in [1.29, 1.82) is 0 Å². The predicted molar refractivity (Wildman–Crippen MR) is 85.1 cm³/mol. The molecule has 1 aliphatic carbocycles. The number of hydrogen-bond acceptors (Lipinski definition) is 2. The summed E-state index contributed by atoms with van der Waals surface area (Å²) in [4.78, 5) is 12.0. The number of nitrogens with two attached hydrogens (primary N) is 1. The Bertz CT molecular complexity index is 436. The average Bonchev–Trinajstić information content (AvgIpc) is 2.85. The van der Waals surface area contributed by atoms with Crippen molar-refractivity contribution in [3.05, 3.63) is 35.4 Å². The molecule has 0 saturated heterocycles. The highest BCUT2D eigenvalue weighted by atomic mass is 35.5. The van der Waals surface area contributed by atoms with Gasteiger partial charge in [-0.3, -0.25) is 4.79 Å². The Hall–Kier alpha value is -1.06. The number of carbonyl (C=O) groups excluding carboxylic acids is 1. The number of benzene rings is 1. The van der Waals surface area contributed by atoms with Crippen molar-refractivity contribution < 1.29 is 4.79 Å². The number of aryl methyl sites for hydroxylation is 2. The van der Waals surface area contributed by atoms with Gasteiger partial charge in [0.15, 0.2) is 0 Å². The number of rotatable bonds is 5. The molecule has 0 aliphatic heterocycles. The fraction of sp³-hybridized carbons (Fsp3) is 0.562. The first-order valence-electron chi connectivity index (χ1n) is 7.24. The first kappa shape index (κ1) is 17.0. The lowest BCUT2D eigenvalue weighted by Gasteiger charge is -2.19. The molecule has 2 atom stereocenters. The summed E-state index contributed by atoms with van der Waals surface area (Å²) in [6, 6.07) is 8.55. The number of halogens is 1. The molecule has 1 aromatic rings. The Morgan fingerprint density at radius 3 is 2.80 bits per heavy atom. The van der Waals surface area contributed by atoms with Gasteiger partial charge in [-0.05, 0) is 49.8 Å². The van der Waals surface area contributed by atoms with Gasteiger partial charge in [0.1, 0.15) is 0 Å². The number of carbonyl (C=O) groups is 1. The highest BCUT2D eigenvalue weighted by Crippen LogP contribution is 2.24. The van der Waals surface area contributed by atoms with Gasteiger partial charge >= 0.3 is 0 Å². The fourth-order valence-electron chi connectivity index (χ4n) is 2.93. The van der Waals surface area contributed by atoms with Crippen molar-refractivity contribution in [1.82, 2.24) is 5.32 Å². The number of nitrogens with one attached hydrogen (secondary N) is 1. The summed E-state index contributed by atoms with van der Waals surface area (Å²) < 4.78 is 0. The van der Waals surface area contributed by atoms with Gasteiger partial charge in [0.25, 0.3) is 0 Å². The SMILES string of the molecule is Cc1ccccc1CCC(=O)NC1CCCC1CN.Cl. The van der Waals surface area contributed by atoms with Gasteiger partial charge in [0, 0.05) is 12.5 Å². The van der Waals surface area contributed by atoms with E-state index in [0.717, 1.165) is 19.3 Å². The van der Waals surface area contributed by atoms with Crippen molar-refractivity contribution >= 4 is 18.3 Å². The zero-order chi connectivity index (χ0) is 13.7. The van der Waals surface area contributed by atoms with Crippen LogP contribution in [-0.2, 0) is 11.2 Å². The van der Waals surface area contributed by atoms with Crippen molar-refractivity contribution in [3.8, 4) is 0 Å². The van der Waals surface area contributed by atoms with E-state index in [1.54, 1.807) is 0 Å². The minimum absolute atomic E-state index is 0. The molecule has 1 aliphatic rings. The first-order chi connectivity index (χ1) is 9.20. The highest BCUT2D eigenvalue weighted by Gasteiger charge is 2.26. The van der Waals surface area contributed by atoms with Crippen LogP contribution in [-0.4, -0.2) is 18.5 Å². The van der Waals surface area contributed by atoms with Crippen LogP contribution in [0.15, 0.2) is 24.3 Å². The minimum atomic E-state index is 0. The third kappa shape index (κ3) is 4.50. The summed E-state index contributed by atoms with van der Waals surface area (Å²) in [6.45, 7) is 2.78. The maximum Gasteiger partial charge on any atom is 0.220 e. The van der Waals surface area contributed by atoms with E-state index in [1.165, 1.54) is 17.5 Å². The molecule has 1 fully saturated rings. The second kappa shape index (κ2) is 8.28. The molecule has 1 aromatic carbocycles. The van der Waals surface area contributed by atoms with Crippen molar-refractivity contribution in [3.63, 3.8) is 0 Å². The molecule has 0 bridgehead atoms. The Morgan fingerprint density at radius 2 is 2.10 bits per heavy atom. The topological polar surface area (TPSA) is 55.1 Å². The molecular weight excluding hydrogens is 272 g/mol.